The fourth-order valence-electron chi connectivity index (χ4n) is 2.26. The minimum absolute atomic E-state index is 0.216. The number of unbranched alkanes of at least 4 members (excludes halogenated alkanes) is 1. The summed E-state index contributed by atoms with van der Waals surface area (Å²) in [6, 6.07) is 3.87. The van der Waals surface area contributed by atoms with Crippen LogP contribution in [0.25, 0.3) is 6.08 Å². The van der Waals surface area contributed by atoms with E-state index in [1.54, 1.807) is 0 Å². The molecule has 1 aliphatic heterocycles. The Balaban J connectivity index is 1.72. The van der Waals surface area contributed by atoms with Gasteiger partial charge in [-0.15, -0.1) is 0 Å². The third kappa shape index (κ3) is 2.30. The zero-order chi connectivity index (χ0) is 13.2. The summed E-state index contributed by atoms with van der Waals surface area (Å²) in [5, 5.41) is 0. The van der Waals surface area contributed by atoms with E-state index in [0.29, 0.717) is 18.6 Å². The lowest BCUT2D eigenvalue weighted by atomic mass is 10.1. The second-order valence-electron chi connectivity index (χ2n) is 4.74. The topological polar surface area (TPSA) is 44.8 Å². The third-order valence-electron chi connectivity index (χ3n) is 3.34. The monoisotopic (exact) mass is 260 g/mol. The van der Waals surface area contributed by atoms with Crippen LogP contribution in [0.4, 0.5) is 0 Å². The SMILES string of the molecule is CCCCOC(=O)C1=Cc2cc3c(cc2C1)OCO3. The molecule has 0 saturated heterocycles. The third-order valence-corrected chi connectivity index (χ3v) is 3.34. The quantitative estimate of drug-likeness (QED) is 0.616. The number of ether oxygens (including phenoxy) is 3. The van der Waals surface area contributed by atoms with Crippen LogP contribution in [0.3, 0.4) is 0 Å². The second-order valence-corrected chi connectivity index (χ2v) is 4.74. The van der Waals surface area contributed by atoms with Crippen molar-refractivity contribution in [3.8, 4) is 11.5 Å². The maximum atomic E-state index is 11.9. The molecule has 0 N–H and O–H groups in total. The van der Waals surface area contributed by atoms with Crippen LogP contribution < -0.4 is 9.47 Å². The molecule has 4 nitrogen and oxygen atoms in total. The zero-order valence-electron chi connectivity index (χ0n) is 10.9. The molecular weight excluding hydrogens is 244 g/mol. The number of hydrogen-bond acceptors (Lipinski definition) is 4. The first kappa shape index (κ1) is 12.1. The Hall–Kier alpha value is -1.97. The molecule has 4 heteroatoms. The summed E-state index contributed by atoms with van der Waals surface area (Å²) in [5.41, 5.74) is 2.81. The van der Waals surface area contributed by atoms with Crippen LogP contribution in [0.2, 0.25) is 0 Å². The van der Waals surface area contributed by atoms with Crippen LogP contribution in [-0.2, 0) is 16.0 Å². The van der Waals surface area contributed by atoms with E-state index in [1.165, 1.54) is 0 Å². The van der Waals surface area contributed by atoms with Crippen LogP contribution in [0.15, 0.2) is 17.7 Å². The van der Waals surface area contributed by atoms with Crippen molar-refractivity contribution in [2.45, 2.75) is 26.2 Å². The van der Waals surface area contributed by atoms with Crippen molar-refractivity contribution in [2.75, 3.05) is 13.4 Å². The van der Waals surface area contributed by atoms with E-state index < -0.39 is 0 Å². The molecule has 0 bridgehead atoms. The van der Waals surface area contributed by atoms with E-state index in [2.05, 4.69) is 6.92 Å². The molecule has 19 heavy (non-hydrogen) atoms. The molecule has 1 aromatic carbocycles. The van der Waals surface area contributed by atoms with Gasteiger partial charge in [-0.2, -0.15) is 0 Å². The molecule has 0 spiro atoms. The minimum Gasteiger partial charge on any atom is -0.462 e. The summed E-state index contributed by atoms with van der Waals surface area (Å²) in [6.45, 7) is 2.83. The normalized spacial score (nSPS) is 15.1. The van der Waals surface area contributed by atoms with Crippen molar-refractivity contribution in [1.82, 2.24) is 0 Å². The van der Waals surface area contributed by atoms with Gasteiger partial charge in [0.05, 0.1) is 6.61 Å². The van der Waals surface area contributed by atoms with Gasteiger partial charge in [0.1, 0.15) is 0 Å². The van der Waals surface area contributed by atoms with Gasteiger partial charge < -0.3 is 14.2 Å². The lowest BCUT2D eigenvalue weighted by molar-refractivity contribution is -0.139. The molecule has 0 unspecified atom stereocenters. The summed E-state index contributed by atoms with van der Waals surface area (Å²) in [4.78, 5) is 11.9. The molecule has 0 atom stereocenters. The number of carbonyl (C=O) groups is 1. The van der Waals surface area contributed by atoms with E-state index in [9.17, 15) is 4.79 Å². The standard InChI is InChI=1S/C15H16O4/c1-2-3-4-17-15(16)12-5-10-7-13-14(19-9-18-13)8-11(10)6-12/h5,7-8H,2-4,6,9H2,1H3. The highest BCUT2D eigenvalue weighted by Crippen LogP contribution is 2.38. The van der Waals surface area contributed by atoms with Crippen LogP contribution in [0.1, 0.15) is 30.9 Å². The first-order chi connectivity index (χ1) is 9.28. The first-order valence-electron chi connectivity index (χ1n) is 6.58. The Labute approximate surface area is 112 Å². The molecule has 100 valence electrons. The number of fused-ring (bicyclic) bond motifs is 2. The minimum atomic E-state index is -0.216. The Bertz CT molecular complexity index is 545. The van der Waals surface area contributed by atoms with Crippen LogP contribution >= 0.6 is 0 Å². The number of esters is 1. The van der Waals surface area contributed by atoms with Crippen molar-refractivity contribution in [3.05, 3.63) is 28.8 Å². The Morgan fingerprint density at radius 1 is 1.32 bits per heavy atom. The van der Waals surface area contributed by atoms with E-state index in [0.717, 1.165) is 35.5 Å². The average Bonchev–Trinajstić information content (AvgIpc) is 3.00. The predicted molar refractivity (Wildman–Crippen MR) is 70.1 cm³/mol. The molecule has 0 saturated carbocycles. The zero-order valence-corrected chi connectivity index (χ0v) is 10.9. The summed E-state index contributed by atoms with van der Waals surface area (Å²) in [7, 11) is 0. The lowest BCUT2D eigenvalue weighted by Crippen LogP contribution is -2.08. The summed E-state index contributed by atoms with van der Waals surface area (Å²) in [6.07, 6.45) is 4.42. The van der Waals surface area contributed by atoms with Gasteiger partial charge in [-0.05, 0) is 35.8 Å². The smallest absolute Gasteiger partial charge is 0.334 e. The largest absolute Gasteiger partial charge is 0.462 e. The van der Waals surface area contributed by atoms with E-state index in [1.807, 2.05) is 18.2 Å². The highest BCUT2D eigenvalue weighted by Gasteiger charge is 2.24. The molecule has 0 amide bonds. The molecule has 2 aliphatic rings. The van der Waals surface area contributed by atoms with Crippen molar-refractivity contribution < 1.29 is 19.0 Å². The first-order valence-corrected chi connectivity index (χ1v) is 6.58. The number of carbonyl (C=O) groups excluding carboxylic acids is 1. The van der Waals surface area contributed by atoms with Crippen LogP contribution in [0, 0.1) is 0 Å². The Kier molecular flexibility index (Phi) is 3.15. The maximum Gasteiger partial charge on any atom is 0.334 e. The van der Waals surface area contributed by atoms with Crippen molar-refractivity contribution in [2.24, 2.45) is 0 Å². The maximum absolute atomic E-state index is 11.9. The molecule has 1 heterocycles. The summed E-state index contributed by atoms with van der Waals surface area (Å²) < 4.78 is 15.9. The van der Waals surface area contributed by atoms with Gasteiger partial charge in [0, 0.05) is 12.0 Å². The Morgan fingerprint density at radius 2 is 2.11 bits per heavy atom. The fraction of sp³-hybridized carbons (Fsp3) is 0.400. The molecule has 0 radical (unpaired) electrons. The van der Waals surface area contributed by atoms with Gasteiger partial charge >= 0.3 is 5.97 Å². The van der Waals surface area contributed by atoms with Crippen molar-refractivity contribution >= 4 is 12.0 Å². The van der Waals surface area contributed by atoms with Crippen LogP contribution in [0.5, 0.6) is 11.5 Å². The van der Waals surface area contributed by atoms with E-state index in [4.69, 9.17) is 14.2 Å². The summed E-state index contributed by atoms with van der Waals surface area (Å²) >= 11 is 0. The van der Waals surface area contributed by atoms with Gasteiger partial charge in [0.25, 0.3) is 0 Å². The number of benzene rings is 1. The number of hydrogen-bond donors (Lipinski definition) is 0. The highest BCUT2D eigenvalue weighted by molar-refractivity contribution is 5.96. The van der Waals surface area contributed by atoms with Gasteiger partial charge in [0.2, 0.25) is 6.79 Å². The summed E-state index contributed by atoms with van der Waals surface area (Å²) in [5.74, 6) is 1.29. The van der Waals surface area contributed by atoms with Crippen LogP contribution in [-0.4, -0.2) is 19.4 Å². The number of rotatable bonds is 4. The van der Waals surface area contributed by atoms with Crippen molar-refractivity contribution in [3.63, 3.8) is 0 Å². The average molecular weight is 260 g/mol. The van der Waals surface area contributed by atoms with Gasteiger partial charge in [-0.25, -0.2) is 4.79 Å². The lowest BCUT2D eigenvalue weighted by Gasteiger charge is -2.04. The van der Waals surface area contributed by atoms with Crippen molar-refractivity contribution in [1.29, 1.82) is 0 Å². The van der Waals surface area contributed by atoms with Gasteiger partial charge in [-0.3, -0.25) is 0 Å². The molecule has 0 aromatic heterocycles. The second kappa shape index (κ2) is 4.96. The molecule has 1 aromatic rings. The van der Waals surface area contributed by atoms with Gasteiger partial charge in [0.15, 0.2) is 11.5 Å². The predicted octanol–water partition coefficient (Wildman–Crippen LogP) is 2.70. The van der Waals surface area contributed by atoms with E-state index in [-0.39, 0.29) is 12.8 Å². The highest BCUT2D eigenvalue weighted by atomic mass is 16.7. The Morgan fingerprint density at radius 3 is 2.89 bits per heavy atom. The molecular formula is C15H16O4. The van der Waals surface area contributed by atoms with E-state index >= 15 is 0 Å². The van der Waals surface area contributed by atoms with Gasteiger partial charge in [-0.1, -0.05) is 13.3 Å². The molecule has 1 aliphatic carbocycles. The molecule has 0 fully saturated rings. The fourth-order valence-corrected chi connectivity index (χ4v) is 2.26. The molecule has 3 rings (SSSR count).